The van der Waals surface area contributed by atoms with E-state index in [4.69, 9.17) is 9.47 Å². The van der Waals surface area contributed by atoms with Crippen molar-refractivity contribution in [2.75, 3.05) is 38.8 Å². The number of anilines is 1. The molecule has 0 unspecified atom stereocenters. The molecule has 0 bridgehead atoms. The number of nitrogens with one attached hydrogen (secondary N) is 1. The lowest BCUT2D eigenvalue weighted by Crippen LogP contribution is -2.10. The molecule has 5 nitrogen and oxygen atoms in total. The van der Waals surface area contributed by atoms with E-state index in [1.54, 1.807) is 7.11 Å². The van der Waals surface area contributed by atoms with Crippen molar-refractivity contribution >= 4 is 21.7 Å². The molecule has 0 radical (unpaired) electrons. The fourth-order valence-corrected chi connectivity index (χ4v) is 1.82. The molecular formula is C13H22BrN3O2. The minimum Gasteiger partial charge on any atom is -0.382 e. The number of ether oxygens (including phenoxy) is 2. The fraction of sp³-hybridized carbons (Fsp3) is 0.692. The number of rotatable bonds is 9. The number of nitrogens with zero attached hydrogens (tertiary/aromatic N) is 2. The van der Waals surface area contributed by atoms with E-state index in [0.717, 1.165) is 35.8 Å². The van der Waals surface area contributed by atoms with E-state index in [0.29, 0.717) is 19.1 Å². The molecule has 0 atom stereocenters. The highest BCUT2D eigenvalue weighted by Gasteiger charge is 2.06. The zero-order valence-corrected chi connectivity index (χ0v) is 13.4. The Kier molecular flexibility index (Phi) is 7.93. The van der Waals surface area contributed by atoms with E-state index in [-0.39, 0.29) is 0 Å². The molecule has 0 spiro atoms. The van der Waals surface area contributed by atoms with E-state index in [2.05, 4.69) is 45.1 Å². The van der Waals surface area contributed by atoms with Gasteiger partial charge in [-0.05, 0) is 22.4 Å². The topological polar surface area (TPSA) is 56.3 Å². The summed E-state index contributed by atoms with van der Waals surface area (Å²) in [7, 11) is 1.67. The van der Waals surface area contributed by atoms with Gasteiger partial charge in [0.2, 0.25) is 0 Å². The van der Waals surface area contributed by atoms with E-state index < -0.39 is 0 Å². The predicted molar refractivity (Wildman–Crippen MR) is 79.6 cm³/mol. The number of aromatic nitrogens is 2. The Morgan fingerprint density at radius 3 is 2.74 bits per heavy atom. The molecule has 1 heterocycles. The van der Waals surface area contributed by atoms with Gasteiger partial charge in [0.05, 0.1) is 13.2 Å². The minimum absolute atomic E-state index is 0.315. The van der Waals surface area contributed by atoms with Crippen LogP contribution in [0.1, 0.15) is 32.0 Å². The van der Waals surface area contributed by atoms with Crippen molar-refractivity contribution < 1.29 is 9.47 Å². The lowest BCUT2D eigenvalue weighted by Gasteiger charge is -2.10. The number of hydrogen-bond acceptors (Lipinski definition) is 5. The van der Waals surface area contributed by atoms with Gasteiger partial charge in [0.15, 0.2) is 0 Å². The largest absolute Gasteiger partial charge is 0.382 e. The molecule has 0 aromatic carbocycles. The second-order valence-corrected chi connectivity index (χ2v) is 5.29. The van der Waals surface area contributed by atoms with Crippen LogP contribution in [0, 0.1) is 0 Å². The summed E-state index contributed by atoms with van der Waals surface area (Å²) in [5, 5.41) is 3.28. The first kappa shape index (κ1) is 16.3. The third-order valence-electron chi connectivity index (χ3n) is 2.43. The van der Waals surface area contributed by atoms with E-state index >= 15 is 0 Å². The van der Waals surface area contributed by atoms with Crippen LogP contribution in [-0.4, -0.2) is 43.4 Å². The smallest absolute Gasteiger partial charge is 0.134 e. The van der Waals surface area contributed by atoms with Crippen LogP contribution in [0.4, 0.5) is 5.82 Å². The van der Waals surface area contributed by atoms with Gasteiger partial charge in [0.1, 0.15) is 16.2 Å². The quantitative estimate of drug-likeness (QED) is 0.557. The molecule has 0 aliphatic carbocycles. The van der Waals surface area contributed by atoms with E-state index in [1.165, 1.54) is 0 Å². The van der Waals surface area contributed by atoms with Gasteiger partial charge in [-0.15, -0.1) is 0 Å². The Morgan fingerprint density at radius 2 is 2.05 bits per heavy atom. The summed E-state index contributed by atoms with van der Waals surface area (Å²) in [5.41, 5.74) is 0. The SMILES string of the molecule is COCCOCCCNc1cc(Br)nc(C(C)C)n1. The molecule has 0 fully saturated rings. The molecule has 0 aliphatic heterocycles. The van der Waals surface area contributed by atoms with Crippen LogP contribution < -0.4 is 5.32 Å². The highest BCUT2D eigenvalue weighted by molar-refractivity contribution is 9.10. The van der Waals surface area contributed by atoms with Gasteiger partial charge in [-0.1, -0.05) is 13.8 Å². The summed E-state index contributed by atoms with van der Waals surface area (Å²) >= 11 is 3.40. The third kappa shape index (κ3) is 6.84. The zero-order valence-electron chi connectivity index (χ0n) is 11.8. The molecule has 0 amide bonds. The van der Waals surface area contributed by atoms with Gasteiger partial charge in [0.25, 0.3) is 0 Å². The Morgan fingerprint density at radius 1 is 1.26 bits per heavy atom. The Balaban J connectivity index is 2.29. The predicted octanol–water partition coefficient (Wildman–Crippen LogP) is 2.83. The van der Waals surface area contributed by atoms with Gasteiger partial charge in [-0.2, -0.15) is 0 Å². The maximum absolute atomic E-state index is 5.39. The van der Waals surface area contributed by atoms with Gasteiger partial charge in [0, 0.05) is 32.2 Å². The van der Waals surface area contributed by atoms with Crippen molar-refractivity contribution in [3.05, 3.63) is 16.5 Å². The second-order valence-electron chi connectivity index (χ2n) is 4.47. The number of halogens is 1. The standard InChI is InChI=1S/C13H22BrN3O2/c1-10(2)13-16-11(14)9-12(17-13)15-5-4-6-19-8-7-18-3/h9-10H,4-8H2,1-3H3,(H,15,16,17). The van der Waals surface area contributed by atoms with Crippen LogP contribution in [0.5, 0.6) is 0 Å². The van der Waals surface area contributed by atoms with Crippen molar-refractivity contribution in [3.8, 4) is 0 Å². The first-order valence-corrected chi connectivity index (χ1v) is 7.27. The lowest BCUT2D eigenvalue weighted by atomic mass is 10.2. The van der Waals surface area contributed by atoms with Crippen LogP contribution in [-0.2, 0) is 9.47 Å². The lowest BCUT2D eigenvalue weighted by molar-refractivity contribution is 0.0705. The number of methoxy groups -OCH3 is 1. The molecule has 0 aliphatic rings. The van der Waals surface area contributed by atoms with Crippen LogP contribution in [0.2, 0.25) is 0 Å². The summed E-state index contributed by atoms with van der Waals surface area (Å²) in [6.07, 6.45) is 0.933. The zero-order chi connectivity index (χ0) is 14.1. The summed E-state index contributed by atoms with van der Waals surface area (Å²) in [6.45, 7) is 7.00. The van der Waals surface area contributed by atoms with E-state index in [9.17, 15) is 0 Å². The molecule has 1 aromatic heterocycles. The highest BCUT2D eigenvalue weighted by Crippen LogP contribution is 2.17. The van der Waals surface area contributed by atoms with Gasteiger partial charge < -0.3 is 14.8 Å². The van der Waals surface area contributed by atoms with Crippen molar-refractivity contribution in [1.82, 2.24) is 9.97 Å². The van der Waals surface area contributed by atoms with Crippen LogP contribution in [0.25, 0.3) is 0 Å². The summed E-state index contributed by atoms with van der Waals surface area (Å²) in [4.78, 5) is 8.81. The Labute approximate surface area is 123 Å². The summed E-state index contributed by atoms with van der Waals surface area (Å²) in [5.74, 6) is 2.01. The minimum atomic E-state index is 0.315. The van der Waals surface area contributed by atoms with Crippen molar-refractivity contribution in [3.63, 3.8) is 0 Å². The Hall–Kier alpha value is -0.720. The summed E-state index contributed by atoms with van der Waals surface area (Å²) < 4.78 is 11.1. The maximum Gasteiger partial charge on any atom is 0.134 e. The highest BCUT2D eigenvalue weighted by atomic mass is 79.9. The summed E-state index contributed by atoms with van der Waals surface area (Å²) in [6, 6.07) is 1.89. The maximum atomic E-state index is 5.39. The monoisotopic (exact) mass is 331 g/mol. The first-order chi connectivity index (χ1) is 9.13. The van der Waals surface area contributed by atoms with Crippen molar-refractivity contribution in [2.45, 2.75) is 26.2 Å². The fourth-order valence-electron chi connectivity index (χ4n) is 1.42. The molecule has 1 N–H and O–H groups in total. The van der Waals surface area contributed by atoms with Crippen LogP contribution in [0.15, 0.2) is 10.7 Å². The van der Waals surface area contributed by atoms with Gasteiger partial charge in [-0.25, -0.2) is 9.97 Å². The van der Waals surface area contributed by atoms with Crippen LogP contribution in [0.3, 0.4) is 0 Å². The first-order valence-electron chi connectivity index (χ1n) is 6.48. The molecule has 1 rings (SSSR count). The average Bonchev–Trinajstić information content (AvgIpc) is 2.37. The van der Waals surface area contributed by atoms with E-state index in [1.807, 2.05) is 6.07 Å². The molecule has 1 aromatic rings. The van der Waals surface area contributed by atoms with Crippen molar-refractivity contribution in [2.24, 2.45) is 0 Å². The van der Waals surface area contributed by atoms with Gasteiger partial charge in [-0.3, -0.25) is 0 Å². The molecule has 0 saturated heterocycles. The molecular weight excluding hydrogens is 310 g/mol. The molecule has 6 heteroatoms. The Bertz CT molecular complexity index is 375. The second kappa shape index (κ2) is 9.23. The normalized spacial score (nSPS) is 11.0. The van der Waals surface area contributed by atoms with Crippen molar-refractivity contribution in [1.29, 1.82) is 0 Å². The number of hydrogen-bond donors (Lipinski definition) is 1. The molecule has 108 valence electrons. The molecule has 19 heavy (non-hydrogen) atoms. The van der Waals surface area contributed by atoms with Gasteiger partial charge >= 0.3 is 0 Å². The van der Waals surface area contributed by atoms with Crippen LogP contribution >= 0.6 is 15.9 Å². The molecule has 0 saturated carbocycles. The third-order valence-corrected chi connectivity index (χ3v) is 2.84. The average molecular weight is 332 g/mol.